The number of carbonyl (C=O) groups is 1. The van der Waals surface area contributed by atoms with Crippen LogP contribution in [-0.4, -0.2) is 47.9 Å². The number of aliphatic hydroxyl groups is 1. The van der Waals surface area contributed by atoms with Crippen LogP contribution in [0.4, 0.5) is 13.2 Å². The van der Waals surface area contributed by atoms with Crippen LogP contribution >= 0.6 is 11.3 Å². The lowest BCUT2D eigenvalue weighted by Gasteiger charge is -1.97. The first-order chi connectivity index (χ1) is 17.3. The van der Waals surface area contributed by atoms with Crippen LogP contribution in [0.3, 0.4) is 0 Å². The van der Waals surface area contributed by atoms with Gasteiger partial charge in [-0.1, -0.05) is 55.8 Å². The number of alkyl halides is 2. The number of aryl methyl sites for hydroxylation is 1. The van der Waals surface area contributed by atoms with E-state index in [0.717, 1.165) is 59.0 Å². The Morgan fingerprint density at radius 2 is 1.86 bits per heavy atom. The first-order valence-electron chi connectivity index (χ1n) is 11.5. The zero-order valence-electron chi connectivity index (χ0n) is 21.0. The van der Waals surface area contributed by atoms with Gasteiger partial charge in [0.15, 0.2) is 5.01 Å². The normalized spacial score (nSPS) is 13.5. The summed E-state index contributed by atoms with van der Waals surface area (Å²) < 4.78 is 37.1. The lowest BCUT2D eigenvalue weighted by Crippen LogP contribution is -2.11. The van der Waals surface area contributed by atoms with E-state index in [1.165, 1.54) is 18.3 Å². The number of carboxylic acid groups (broad SMARTS) is 1. The van der Waals surface area contributed by atoms with E-state index in [-0.39, 0.29) is 23.4 Å². The Balaban J connectivity index is 0.000000503. The number of thiazole rings is 1. The van der Waals surface area contributed by atoms with Gasteiger partial charge >= 0.3 is 0 Å². The highest BCUT2D eigenvalue weighted by molar-refractivity contribution is 7.15. The summed E-state index contributed by atoms with van der Waals surface area (Å²) in [6.45, 7) is 8.24. The molecule has 3 aromatic rings. The van der Waals surface area contributed by atoms with E-state index in [9.17, 15) is 13.2 Å². The molecule has 0 bridgehead atoms. The van der Waals surface area contributed by atoms with Gasteiger partial charge in [-0.2, -0.15) is 0 Å². The molecule has 0 spiro atoms. The molecule has 1 fully saturated rings. The van der Waals surface area contributed by atoms with Crippen LogP contribution in [0.25, 0.3) is 10.4 Å². The van der Waals surface area contributed by atoms with Crippen molar-refractivity contribution >= 4 is 17.8 Å². The van der Waals surface area contributed by atoms with Crippen LogP contribution in [0, 0.1) is 12.7 Å². The average molecular weight is 528 g/mol. The van der Waals surface area contributed by atoms with Crippen molar-refractivity contribution in [1.82, 2.24) is 15.6 Å². The highest BCUT2D eigenvalue weighted by Crippen LogP contribution is 2.31. The Labute approximate surface area is 215 Å². The van der Waals surface area contributed by atoms with Crippen molar-refractivity contribution in [2.75, 3.05) is 20.1 Å². The quantitative estimate of drug-likeness (QED) is 0.327. The fraction of sp³-hybridized carbons (Fsp3) is 0.385. The van der Waals surface area contributed by atoms with Gasteiger partial charge in [0, 0.05) is 19.3 Å². The zero-order chi connectivity index (χ0) is 27.3. The first kappa shape index (κ1) is 33.2. The van der Waals surface area contributed by atoms with Crippen LogP contribution in [0.2, 0.25) is 0 Å². The summed E-state index contributed by atoms with van der Waals surface area (Å²) in [7, 11) is 1.84. The molecule has 6 nitrogen and oxygen atoms in total. The molecule has 0 aliphatic carbocycles. The molecule has 0 saturated carbocycles. The summed E-state index contributed by atoms with van der Waals surface area (Å²) in [6, 6.07) is 14.3. The molecule has 1 unspecified atom stereocenters. The highest BCUT2D eigenvalue weighted by atomic mass is 32.1. The number of aromatic nitrogens is 1. The van der Waals surface area contributed by atoms with Gasteiger partial charge in [0.2, 0.25) is 0 Å². The van der Waals surface area contributed by atoms with Crippen LogP contribution in [0.1, 0.15) is 42.8 Å². The molecule has 36 heavy (non-hydrogen) atoms. The molecule has 4 N–H and O–H groups in total. The predicted molar refractivity (Wildman–Crippen MR) is 140 cm³/mol. The average Bonchev–Trinajstić information content (AvgIpc) is 3.55. The summed E-state index contributed by atoms with van der Waals surface area (Å²) in [5, 5.41) is 21.4. The van der Waals surface area contributed by atoms with E-state index < -0.39 is 6.43 Å². The number of nitrogens with one attached hydrogen (secondary N) is 2. The van der Waals surface area contributed by atoms with Crippen LogP contribution in [0.5, 0.6) is 0 Å². The third-order valence-corrected chi connectivity index (χ3v) is 5.40. The Kier molecular flexibility index (Phi) is 18.8. The summed E-state index contributed by atoms with van der Waals surface area (Å²) in [4.78, 5) is 12.8. The van der Waals surface area contributed by atoms with Gasteiger partial charge in [-0.3, -0.25) is 4.79 Å². The van der Waals surface area contributed by atoms with Crippen molar-refractivity contribution in [2.45, 2.75) is 46.3 Å². The Hall–Kier alpha value is -2.79. The van der Waals surface area contributed by atoms with Crippen molar-refractivity contribution in [3.8, 4) is 10.4 Å². The van der Waals surface area contributed by atoms with Gasteiger partial charge in [0.1, 0.15) is 5.82 Å². The molecule has 1 aliphatic rings. The number of aliphatic hydroxyl groups excluding tert-OH is 1. The number of β-amino-alcohol motifs (C(OH)–C–C–N with tert-alkyl or cyclic N) is 1. The Morgan fingerprint density at radius 3 is 2.28 bits per heavy atom. The molecule has 10 heteroatoms. The molecule has 2 aromatic carbocycles. The third kappa shape index (κ3) is 14.6. The molecule has 1 aromatic heterocycles. The SMILES string of the molecule is CC.CNCc1cccc(F)c1.Cc1ccc(-c2cnc(C(F)F)s2)cc1.O=CO.OC1CCNC1. The van der Waals surface area contributed by atoms with Crippen LogP contribution < -0.4 is 10.6 Å². The standard InChI is InChI=1S/C11H9F2NS.C8H10FN.C4H9NO.C2H6.CH2O2/c1-7-2-4-8(5-3-7)9-6-14-11(15-9)10(12)13;1-10-6-7-3-2-4-8(9)5-7;6-4-1-2-5-3-4;1-2;2-1-3/h2-6,10H,1H3;2-5,10H,6H2,1H3;4-6H,1-3H2;1-2H3;1H,(H,2,3). The van der Waals surface area contributed by atoms with Crippen LogP contribution in [-0.2, 0) is 11.3 Å². The largest absolute Gasteiger partial charge is 0.483 e. The van der Waals surface area contributed by atoms with Crippen molar-refractivity contribution in [3.05, 3.63) is 76.7 Å². The van der Waals surface area contributed by atoms with Gasteiger partial charge < -0.3 is 20.8 Å². The topological polar surface area (TPSA) is 94.5 Å². The molecule has 200 valence electrons. The van der Waals surface area contributed by atoms with Gasteiger partial charge in [-0.05, 0) is 50.2 Å². The van der Waals surface area contributed by atoms with E-state index in [2.05, 4.69) is 15.6 Å². The molecule has 4 rings (SSSR count). The van der Waals surface area contributed by atoms with Crippen molar-refractivity contribution in [1.29, 1.82) is 0 Å². The molecule has 0 amide bonds. The number of halogens is 3. The van der Waals surface area contributed by atoms with Crippen molar-refractivity contribution < 1.29 is 28.2 Å². The molecule has 1 aliphatic heterocycles. The molecule has 0 radical (unpaired) electrons. The Morgan fingerprint density at radius 1 is 1.22 bits per heavy atom. The predicted octanol–water partition coefficient (Wildman–Crippen LogP) is 5.67. The maximum atomic E-state index is 12.5. The van der Waals surface area contributed by atoms with E-state index >= 15 is 0 Å². The monoisotopic (exact) mass is 527 g/mol. The number of hydrogen-bond donors (Lipinski definition) is 4. The van der Waals surface area contributed by atoms with E-state index in [0.29, 0.717) is 0 Å². The van der Waals surface area contributed by atoms with Gasteiger partial charge in [-0.25, -0.2) is 18.2 Å². The molecular weight excluding hydrogens is 491 g/mol. The van der Waals surface area contributed by atoms with E-state index in [1.807, 2.05) is 58.2 Å². The molecular formula is C26H36F3N3O3S. The minimum atomic E-state index is -2.48. The fourth-order valence-corrected chi connectivity index (χ4v) is 3.51. The molecule has 1 saturated heterocycles. The summed E-state index contributed by atoms with van der Waals surface area (Å²) in [5.74, 6) is -0.173. The zero-order valence-corrected chi connectivity index (χ0v) is 21.9. The lowest BCUT2D eigenvalue weighted by molar-refractivity contribution is -0.122. The van der Waals surface area contributed by atoms with Crippen molar-refractivity contribution in [3.63, 3.8) is 0 Å². The summed E-state index contributed by atoms with van der Waals surface area (Å²) in [5.41, 5.74) is 3.06. The minimum Gasteiger partial charge on any atom is -0.483 e. The number of benzene rings is 2. The lowest BCUT2D eigenvalue weighted by atomic mass is 10.1. The second kappa shape index (κ2) is 20.4. The van der Waals surface area contributed by atoms with E-state index in [1.54, 1.807) is 6.07 Å². The first-order valence-corrected chi connectivity index (χ1v) is 12.3. The summed E-state index contributed by atoms with van der Waals surface area (Å²) in [6.07, 6.45) is -0.115. The second-order valence-corrected chi connectivity index (χ2v) is 8.20. The van der Waals surface area contributed by atoms with Crippen LogP contribution in [0.15, 0.2) is 54.7 Å². The third-order valence-electron chi connectivity index (χ3n) is 4.35. The Bertz CT molecular complexity index is 951. The molecule has 2 heterocycles. The van der Waals surface area contributed by atoms with E-state index in [4.69, 9.17) is 15.0 Å². The summed E-state index contributed by atoms with van der Waals surface area (Å²) >= 11 is 1.04. The highest BCUT2D eigenvalue weighted by Gasteiger charge is 2.12. The minimum absolute atomic E-state index is 0.0648. The van der Waals surface area contributed by atoms with Gasteiger partial charge in [0.25, 0.3) is 12.9 Å². The maximum absolute atomic E-state index is 12.5. The number of nitrogens with zero attached hydrogens (tertiary/aromatic N) is 1. The second-order valence-electron chi connectivity index (χ2n) is 7.14. The number of rotatable bonds is 4. The van der Waals surface area contributed by atoms with Gasteiger partial charge in [0.05, 0.1) is 11.0 Å². The van der Waals surface area contributed by atoms with Gasteiger partial charge in [-0.15, -0.1) is 11.3 Å². The van der Waals surface area contributed by atoms with Crippen molar-refractivity contribution in [2.24, 2.45) is 0 Å². The number of hydrogen-bond acceptors (Lipinski definition) is 6. The maximum Gasteiger partial charge on any atom is 0.290 e. The fourth-order valence-electron chi connectivity index (χ4n) is 2.73. The smallest absolute Gasteiger partial charge is 0.290 e. The molecule has 1 atom stereocenters.